The van der Waals surface area contributed by atoms with Crippen LogP contribution in [0.3, 0.4) is 0 Å². The lowest BCUT2D eigenvalue weighted by Gasteiger charge is -2.39. The van der Waals surface area contributed by atoms with Gasteiger partial charge in [-0.1, -0.05) is 35.8 Å². The maximum absolute atomic E-state index is 5.57. The first-order chi connectivity index (χ1) is 13.6. The van der Waals surface area contributed by atoms with Crippen LogP contribution in [0.1, 0.15) is 30.7 Å². The number of rotatable bonds is 4. The van der Waals surface area contributed by atoms with Gasteiger partial charge >= 0.3 is 0 Å². The molecule has 140 valence electrons. The lowest BCUT2D eigenvalue weighted by atomic mass is 9.64. The van der Waals surface area contributed by atoms with Gasteiger partial charge in [0.2, 0.25) is 5.95 Å². The Kier molecular flexibility index (Phi) is 3.71. The molecular formula is C20H19N7O. The number of nitrogen functional groups attached to an aromatic ring is 1. The number of anilines is 1. The summed E-state index contributed by atoms with van der Waals surface area (Å²) in [7, 11) is 1.91. The molecule has 8 heteroatoms. The van der Waals surface area contributed by atoms with Gasteiger partial charge in [0.05, 0.1) is 11.7 Å². The standard InChI is InChI=1S/C20H19N7O/c1-27-11-16(24-12-27)17-25-18(26-28-17)20(7-2-8-20)15-5-3-13(4-6-15)14-9-22-19(21)23-10-14/h3-6,9-12H,2,7-8H2,1H3,(H2,21,22,23). The Hall–Kier alpha value is -3.55. The van der Waals surface area contributed by atoms with Gasteiger partial charge in [-0.25, -0.2) is 15.0 Å². The van der Waals surface area contributed by atoms with Crippen LogP contribution in [-0.2, 0) is 12.5 Å². The van der Waals surface area contributed by atoms with Gasteiger partial charge in [0.25, 0.3) is 5.89 Å². The Morgan fingerprint density at radius 1 is 1.04 bits per heavy atom. The van der Waals surface area contributed by atoms with E-state index >= 15 is 0 Å². The summed E-state index contributed by atoms with van der Waals surface area (Å²) in [5, 5.41) is 4.29. The summed E-state index contributed by atoms with van der Waals surface area (Å²) in [6, 6.07) is 8.40. The molecule has 1 aromatic carbocycles. The lowest BCUT2D eigenvalue weighted by Crippen LogP contribution is -2.36. The highest BCUT2D eigenvalue weighted by molar-refractivity contribution is 5.63. The highest BCUT2D eigenvalue weighted by atomic mass is 16.5. The maximum atomic E-state index is 5.57. The Morgan fingerprint density at radius 3 is 2.39 bits per heavy atom. The summed E-state index contributed by atoms with van der Waals surface area (Å²) >= 11 is 0. The van der Waals surface area contributed by atoms with E-state index in [2.05, 4.69) is 49.4 Å². The molecule has 1 fully saturated rings. The largest absolute Gasteiger partial charge is 0.368 e. The van der Waals surface area contributed by atoms with E-state index in [1.54, 1.807) is 18.7 Å². The second-order valence-electron chi connectivity index (χ2n) is 7.19. The molecule has 0 saturated heterocycles. The van der Waals surface area contributed by atoms with Gasteiger partial charge < -0.3 is 14.8 Å². The van der Waals surface area contributed by atoms with E-state index in [0.717, 1.165) is 36.2 Å². The van der Waals surface area contributed by atoms with Crippen molar-refractivity contribution in [1.29, 1.82) is 0 Å². The summed E-state index contributed by atoms with van der Waals surface area (Å²) in [6.45, 7) is 0. The van der Waals surface area contributed by atoms with Crippen LogP contribution < -0.4 is 5.73 Å². The van der Waals surface area contributed by atoms with Gasteiger partial charge in [-0.05, 0) is 24.0 Å². The van der Waals surface area contributed by atoms with Crippen LogP contribution in [0.2, 0.25) is 0 Å². The summed E-state index contributed by atoms with van der Waals surface area (Å²) < 4.78 is 7.37. The molecule has 2 N–H and O–H groups in total. The zero-order valence-electron chi connectivity index (χ0n) is 15.4. The molecule has 0 atom stereocenters. The van der Waals surface area contributed by atoms with E-state index in [1.165, 1.54) is 5.56 Å². The third kappa shape index (κ3) is 2.65. The number of hydrogen-bond donors (Lipinski definition) is 1. The van der Waals surface area contributed by atoms with E-state index in [0.29, 0.717) is 11.6 Å². The number of aryl methyl sites for hydroxylation is 1. The van der Waals surface area contributed by atoms with Crippen molar-refractivity contribution >= 4 is 5.95 Å². The van der Waals surface area contributed by atoms with E-state index in [-0.39, 0.29) is 11.4 Å². The molecule has 4 aromatic rings. The molecule has 0 unspecified atom stereocenters. The maximum Gasteiger partial charge on any atom is 0.278 e. The zero-order valence-corrected chi connectivity index (χ0v) is 15.4. The number of hydrogen-bond acceptors (Lipinski definition) is 7. The molecule has 5 rings (SSSR count). The molecule has 1 saturated carbocycles. The van der Waals surface area contributed by atoms with E-state index < -0.39 is 0 Å². The predicted molar refractivity (Wildman–Crippen MR) is 103 cm³/mol. The molecule has 3 aromatic heterocycles. The van der Waals surface area contributed by atoms with Crippen LogP contribution in [0.5, 0.6) is 0 Å². The number of aromatic nitrogens is 6. The smallest absolute Gasteiger partial charge is 0.278 e. The van der Waals surface area contributed by atoms with Crippen molar-refractivity contribution in [3.05, 3.63) is 60.6 Å². The Balaban J connectivity index is 1.47. The van der Waals surface area contributed by atoms with E-state index in [1.807, 2.05) is 17.8 Å². The second-order valence-corrected chi connectivity index (χ2v) is 7.19. The minimum Gasteiger partial charge on any atom is -0.368 e. The van der Waals surface area contributed by atoms with Crippen molar-refractivity contribution in [2.45, 2.75) is 24.7 Å². The highest BCUT2D eigenvalue weighted by Crippen LogP contribution is 2.48. The Labute approximate surface area is 161 Å². The van der Waals surface area contributed by atoms with Gasteiger partial charge in [0.15, 0.2) is 5.82 Å². The number of nitrogens with two attached hydrogens (primary N) is 1. The summed E-state index contributed by atoms with van der Waals surface area (Å²) in [5.41, 5.74) is 9.22. The molecule has 0 radical (unpaired) electrons. The molecule has 1 aliphatic rings. The van der Waals surface area contributed by atoms with Crippen LogP contribution in [0.25, 0.3) is 22.7 Å². The van der Waals surface area contributed by atoms with Crippen molar-refractivity contribution in [2.75, 3.05) is 5.73 Å². The fourth-order valence-corrected chi connectivity index (χ4v) is 3.69. The minimum atomic E-state index is -0.202. The Bertz CT molecular complexity index is 1110. The van der Waals surface area contributed by atoms with Gasteiger partial charge in [-0.2, -0.15) is 4.98 Å². The first kappa shape index (κ1) is 16.6. The number of benzene rings is 1. The van der Waals surface area contributed by atoms with Crippen LogP contribution in [0, 0.1) is 0 Å². The average molecular weight is 373 g/mol. The average Bonchev–Trinajstić information content (AvgIpc) is 3.32. The van der Waals surface area contributed by atoms with E-state index in [9.17, 15) is 0 Å². The van der Waals surface area contributed by atoms with E-state index in [4.69, 9.17) is 10.3 Å². The minimum absolute atomic E-state index is 0.202. The molecule has 0 bridgehead atoms. The molecule has 0 spiro atoms. The summed E-state index contributed by atoms with van der Waals surface area (Å²) in [5.74, 6) is 1.45. The van der Waals surface area contributed by atoms with Crippen LogP contribution in [0.15, 0.2) is 53.7 Å². The fourth-order valence-electron chi connectivity index (χ4n) is 3.69. The fraction of sp³-hybridized carbons (Fsp3) is 0.250. The van der Waals surface area contributed by atoms with Crippen molar-refractivity contribution < 1.29 is 4.52 Å². The van der Waals surface area contributed by atoms with Crippen molar-refractivity contribution in [3.8, 4) is 22.7 Å². The van der Waals surface area contributed by atoms with Gasteiger partial charge in [0, 0.05) is 31.2 Å². The van der Waals surface area contributed by atoms with Crippen LogP contribution in [-0.4, -0.2) is 29.7 Å². The molecule has 0 amide bonds. The van der Waals surface area contributed by atoms with Gasteiger partial charge in [-0.15, -0.1) is 0 Å². The topological polar surface area (TPSA) is 109 Å². The third-order valence-electron chi connectivity index (χ3n) is 5.43. The van der Waals surface area contributed by atoms with Crippen LogP contribution in [0.4, 0.5) is 5.95 Å². The Morgan fingerprint density at radius 2 is 1.79 bits per heavy atom. The van der Waals surface area contributed by atoms with Crippen molar-refractivity contribution in [1.82, 2.24) is 29.7 Å². The number of nitrogens with zero attached hydrogens (tertiary/aromatic N) is 6. The molecule has 28 heavy (non-hydrogen) atoms. The highest BCUT2D eigenvalue weighted by Gasteiger charge is 2.44. The van der Waals surface area contributed by atoms with Gasteiger partial charge in [-0.3, -0.25) is 0 Å². The normalized spacial score (nSPS) is 15.3. The molecule has 3 heterocycles. The monoisotopic (exact) mass is 373 g/mol. The quantitative estimate of drug-likeness (QED) is 0.586. The first-order valence-electron chi connectivity index (χ1n) is 9.15. The molecule has 1 aliphatic carbocycles. The van der Waals surface area contributed by atoms with Crippen LogP contribution >= 0.6 is 0 Å². The lowest BCUT2D eigenvalue weighted by molar-refractivity contribution is 0.273. The molecule has 8 nitrogen and oxygen atoms in total. The third-order valence-corrected chi connectivity index (χ3v) is 5.43. The van der Waals surface area contributed by atoms with Crippen molar-refractivity contribution in [2.24, 2.45) is 7.05 Å². The summed E-state index contributed by atoms with van der Waals surface area (Å²) in [4.78, 5) is 17.1. The second kappa shape index (κ2) is 6.26. The SMILES string of the molecule is Cn1cnc(-c2nc(C3(c4ccc(-c5cnc(N)nc5)cc4)CCC3)no2)c1. The predicted octanol–water partition coefficient (Wildman–Crippen LogP) is 2.98. The molecular weight excluding hydrogens is 354 g/mol. The molecule has 0 aliphatic heterocycles. The summed E-state index contributed by atoms with van der Waals surface area (Å²) in [6.07, 6.45) is 10.2. The van der Waals surface area contributed by atoms with Gasteiger partial charge in [0.1, 0.15) is 5.69 Å². The first-order valence-corrected chi connectivity index (χ1v) is 9.15. The zero-order chi connectivity index (χ0) is 19.1. The van der Waals surface area contributed by atoms with Crippen molar-refractivity contribution in [3.63, 3.8) is 0 Å². The number of imidazole rings is 1.